The predicted molar refractivity (Wildman–Crippen MR) is 83.4 cm³/mol. The topological polar surface area (TPSA) is 61.6 Å². The van der Waals surface area contributed by atoms with Crippen LogP contribution in [0.2, 0.25) is 0 Å². The van der Waals surface area contributed by atoms with Crippen LogP contribution in [0.25, 0.3) is 0 Å². The van der Waals surface area contributed by atoms with Gasteiger partial charge in [0.05, 0.1) is 5.69 Å². The van der Waals surface area contributed by atoms with Gasteiger partial charge in [0.25, 0.3) is 0 Å². The number of oxazole rings is 1. The number of rotatable bonds is 4. The second-order valence-electron chi connectivity index (χ2n) is 6.32. The van der Waals surface area contributed by atoms with Gasteiger partial charge < -0.3 is 19.5 Å². The normalized spacial score (nSPS) is 26.8. The van der Waals surface area contributed by atoms with Gasteiger partial charge in [0.2, 0.25) is 5.91 Å². The molecule has 0 spiro atoms. The van der Waals surface area contributed by atoms with Crippen LogP contribution in [0.5, 0.6) is 0 Å². The molecule has 0 aromatic carbocycles. The van der Waals surface area contributed by atoms with E-state index < -0.39 is 6.04 Å². The molecule has 3 heterocycles. The first-order valence-electron chi connectivity index (χ1n) is 8.33. The Morgan fingerprint density at radius 2 is 2.32 bits per heavy atom. The Bertz CT molecular complexity index is 516. The van der Waals surface area contributed by atoms with Crippen molar-refractivity contribution in [2.24, 2.45) is 5.92 Å². The Morgan fingerprint density at radius 3 is 3.09 bits per heavy atom. The van der Waals surface area contributed by atoms with E-state index in [9.17, 15) is 4.79 Å². The summed E-state index contributed by atoms with van der Waals surface area (Å²) in [6.45, 7) is 7.18. The van der Waals surface area contributed by atoms with E-state index in [0.717, 1.165) is 38.3 Å². The Labute approximate surface area is 131 Å². The summed E-state index contributed by atoms with van der Waals surface area (Å²) in [7, 11) is 1.80. The van der Waals surface area contributed by atoms with Gasteiger partial charge in [-0.25, -0.2) is 4.98 Å². The summed E-state index contributed by atoms with van der Waals surface area (Å²) in [6, 6.07) is -0.397. The number of hydrogen-bond donors (Lipinski definition) is 1. The molecule has 1 N–H and O–H groups in total. The van der Waals surface area contributed by atoms with Gasteiger partial charge in [-0.2, -0.15) is 0 Å². The molecule has 6 nitrogen and oxygen atoms in total. The minimum absolute atomic E-state index is 0.117. The zero-order valence-corrected chi connectivity index (χ0v) is 13.5. The average Bonchev–Trinajstić information content (AvgIpc) is 2.96. The maximum Gasteiger partial charge on any atom is 0.247 e. The zero-order valence-electron chi connectivity index (χ0n) is 13.5. The molecule has 1 fully saturated rings. The number of nitrogens with one attached hydrogen (secondary N) is 1. The molecular formula is C16H26N4O2. The second kappa shape index (κ2) is 6.79. The van der Waals surface area contributed by atoms with Gasteiger partial charge in [-0.1, -0.05) is 6.92 Å². The van der Waals surface area contributed by atoms with Crippen molar-refractivity contribution in [3.05, 3.63) is 17.8 Å². The first kappa shape index (κ1) is 15.5. The van der Waals surface area contributed by atoms with Crippen LogP contribution in [0.4, 0.5) is 0 Å². The van der Waals surface area contributed by atoms with Gasteiger partial charge in [-0.15, -0.1) is 0 Å². The SMILES string of the molecule is CCN1CCCC(CN2CCc3ncoc3C(NC)C2=O)C1. The lowest BCUT2D eigenvalue weighted by atomic mass is 9.97. The van der Waals surface area contributed by atoms with E-state index in [4.69, 9.17) is 4.42 Å². The molecule has 0 radical (unpaired) electrons. The molecule has 22 heavy (non-hydrogen) atoms. The van der Waals surface area contributed by atoms with E-state index in [1.807, 2.05) is 4.90 Å². The van der Waals surface area contributed by atoms with Crippen LogP contribution >= 0.6 is 0 Å². The quantitative estimate of drug-likeness (QED) is 0.901. The smallest absolute Gasteiger partial charge is 0.247 e. The Morgan fingerprint density at radius 1 is 1.45 bits per heavy atom. The number of piperidine rings is 1. The fourth-order valence-electron chi connectivity index (χ4n) is 3.68. The van der Waals surface area contributed by atoms with Gasteiger partial charge in [0.15, 0.2) is 12.2 Å². The minimum atomic E-state index is -0.397. The maximum atomic E-state index is 12.8. The van der Waals surface area contributed by atoms with E-state index in [-0.39, 0.29) is 5.91 Å². The number of likely N-dealkylation sites (N-methyl/N-ethyl adjacent to an activating group) is 1. The Hall–Kier alpha value is -1.40. The van der Waals surface area contributed by atoms with Crippen LogP contribution in [0.1, 0.15) is 37.3 Å². The zero-order chi connectivity index (χ0) is 15.5. The number of hydrogen-bond acceptors (Lipinski definition) is 5. The van der Waals surface area contributed by atoms with Gasteiger partial charge in [-0.3, -0.25) is 4.79 Å². The molecule has 6 heteroatoms. The molecule has 0 aliphatic carbocycles. The highest BCUT2D eigenvalue weighted by molar-refractivity contribution is 5.83. The maximum absolute atomic E-state index is 12.8. The van der Waals surface area contributed by atoms with Crippen molar-refractivity contribution >= 4 is 5.91 Å². The van der Waals surface area contributed by atoms with Crippen molar-refractivity contribution in [3.63, 3.8) is 0 Å². The lowest BCUT2D eigenvalue weighted by molar-refractivity contribution is -0.134. The van der Waals surface area contributed by atoms with E-state index in [1.165, 1.54) is 25.8 Å². The fourth-order valence-corrected chi connectivity index (χ4v) is 3.68. The van der Waals surface area contributed by atoms with Crippen LogP contribution in [-0.2, 0) is 11.2 Å². The Kier molecular flexibility index (Phi) is 4.78. The summed E-state index contributed by atoms with van der Waals surface area (Å²) in [6.07, 6.45) is 4.67. The number of carbonyl (C=O) groups excluding carboxylic acids is 1. The van der Waals surface area contributed by atoms with Crippen LogP contribution in [-0.4, -0.2) is 60.5 Å². The monoisotopic (exact) mass is 306 g/mol. The average molecular weight is 306 g/mol. The van der Waals surface area contributed by atoms with Crippen molar-refractivity contribution in [2.45, 2.75) is 32.2 Å². The van der Waals surface area contributed by atoms with Crippen LogP contribution in [0.15, 0.2) is 10.8 Å². The standard InChI is InChI=1S/C16H26N4O2/c1-3-19-7-4-5-12(9-19)10-20-8-6-13-15(22-11-18-13)14(17-2)16(20)21/h11-12,14,17H,3-10H2,1-2H3. The number of carbonyl (C=O) groups is 1. The van der Waals surface area contributed by atoms with E-state index in [1.54, 1.807) is 7.05 Å². The summed E-state index contributed by atoms with van der Waals surface area (Å²) in [5, 5.41) is 3.09. The molecule has 2 aliphatic rings. The number of fused-ring (bicyclic) bond motifs is 1. The van der Waals surface area contributed by atoms with Crippen molar-refractivity contribution < 1.29 is 9.21 Å². The summed E-state index contributed by atoms with van der Waals surface area (Å²) in [4.78, 5) is 21.6. The molecule has 1 saturated heterocycles. The molecule has 2 atom stereocenters. The fraction of sp³-hybridized carbons (Fsp3) is 0.750. The third-order valence-electron chi connectivity index (χ3n) is 4.93. The number of nitrogens with zero attached hydrogens (tertiary/aromatic N) is 3. The molecular weight excluding hydrogens is 280 g/mol. The van der Waals surface area contributed by atoms with Crippen molar-refractivity contribution in [3.8, 4) is 0 Å². The van der Waals surface area contributed by atoms with Crippen molar-refractivity contribution in [2.75, 3.05) is 39.8 Å². The first-order valence-corrected chi connectivity index (χ1v) is 8.33. The third kappa shape index (κ3) is 3.03. The molecule has 0 bridgehead atoms. The van der Waals surface area contributed by atoms with Gasteiger partial charge in [-0.05, 0) is 38.9 Å². The van der Waals surface area contributed by atoms with E-state index in [0.29, 0.717) is 11.7 Å². The van der Waals surface area contributed by atoms with E-state index in [2.05, 4.69) is 22.1 Å². The summed E-state index contributed by atoms with van der Waals surface area (Å²) in [5.41, 5.74) is 0.911. The number of aromatic nitrogens is 1. The second-order valence-corrected chi connectivity index (χ2v) is 6.32. The molecule has 122 valence electrons. The largest absolute Gasteiger partial charge is 0.446 e. The van der Waals surface area contributed by atoms with Crippen LogP contribution < -0.4 is 5.32 Å². The third-order valence-corrected chi connectivity index (χ3v) is 4.93. The van der Waals surface area contributed by atoms with Gasteiger partial charge in [0, 0.05) is 26.1 Å². The lowest BCUT2D eigenvalue weighted by Crippen LogP contribution is -2.45. The van der Waals surface area contributed by atoms with E-state index >= 15 is 0 Å². The number of amides is 1. The summed E-state index contributed by atoms with van der Waals surface area (Å²) in [5.74, 6) is 1.38. The predicted octanol–water partition coefficient (Wildman–Crippen LogP) is 1.05. The molecule has 0 saturated carbocycles. The molecule has 2 unspecified atom stereocenters. The van der Waals surface area contributed by atoms with Crippen molar-refractivity contribution in [1.29, 1.82) is 0 Å². The molecule has 1 aromatic heterocycles. The first-order chi connectivity index (χ1) is 10.7. The molecule has 1 amide bonds. The summed E-state index contributed by atoms with van der Waals surface area (Å²) >= 11 is 0. The van der Waals surface area contributed by atoms with Gasteiger partial charge in [0.1, 0.15) is 6.04 Å². The van der Waals surface area contributed by atoms with Crippen molar-refractivity contribution in [1.82, 2.24) is 20.1 Å². The summed E-state index contributed by atoms with van der Waals surface area (Å²) < 4.78 is 5.45. The highest BCUT2D eigenvalue weighted by Gasteiger charge is 2.34. The lowest BCUT2D eigenvalue weighted by Gasteiger charge is -2.35. The highest BCUT2D eigenvalue weighted by Crippen LogP contribution is 2.26. The highest BCUT2D eigenvalue weighted by atomic mass is 16.3. The molecule has 1 aromatic rings. The van der Waals surface area contributed by atoms with Gasteiger partial charge >= 0.3 is 0 Å². The van der Waals surface area contributed by atoms with Crippen LogP contribution in [0, 0.1) is 5.92 Å². The molecule has 3 rings (SSSR count). The Balaban J connectivity index is 1.69. The molecule has 2 aliphatic heterocycles. The van der Waals surface area contributed by atoms with Crippen LogP contribution in [0.3, 0.4) is 0 Å². The number of likely N-dealkylation sites (tertiary alicyclic amines) is 1. The minimum Gasteiger partial charge on any atom is -0.446 e.